The maximum atomic E-state index is 12.7. The van der Waals surface area contributed by atoms with E-state index in [1.54, 1.807) is 24.8 Å². The zero-order valence-electron chi connectivity index (χ0n) is 17.4. The number of ether oxygens (including phenoxy) is 1. The van der Waals surface area contributed by atoms with Gasteiger partial charge >= 0.3 is 5.63 Å². The van der Waals surface area contributed by atoms with Gasteiger partial charge in [0.05, 0.1) is 5.39 Å². The van der Waals surface area contributed by atoms with E-state index in [2.05, 4.69) is 5.32 Å². The molecule has 1 aliphatic rings. The Morgan fingerprint density at radius 3 is 2.59 bits per heavy atom. The standard InChI is InChI=1S/C22H28N2O5/c1-5-16-12-20(26)29-19-11-13(2)10-18(21(16)19)28-14(3)22(27)23-17-6-8-24(9-7-17)15(4)25/h10-12,14,17H,5-9H2,1-4H3,(H,23,27). The number of fused-ring (bicyclic) bond motifs is 1. The van der Waals surface area contributed by atoms with Gasteiger partial charge in [0, 0.05) is 32.1 Å². The summed E-state index contributed by atoms with van der Waals surface area (Å²) in [7, 11) is 0. The van der Waals surface area contributed by atoms with Crippen LogP contribution >= 0.6 is 0 Å². The highest BCUT2D eigenvalue weighted by Crippen LogP contribution is 2.31. The number of aryl methyl sites for hydroxylation is 2. The van der Waals surface area contributed by atoms with Crippen LogP contribution in [0.5, 0.6) is 5.75 Å². The molecule has 1 atom stereocenters. The summed E-state index contributed by atoms with van der Waals surface area (Å²) in [6, 6.07) is 5.16. The molecule has 1 aromatic heterocycles. The van der Waals surface area contributed by atoms with Gasteiger partial charge in [0.25, 0.3) is 5.91 Å². The van der Waals surface area contributed by atoms with Gasteiger partial charge in [0.2, 0.25) is 5.91 Å². The van der Waals surface area contributed by atoms with E-state index < -0.39 is 11.7 Å². The third kappa shape index (κ3) is 4.78. The van der Waals surface area contributed by atoms with E-state index in [1.165, 1.54) is 6.07 Å². The molecule has 1 aliphatic heterocycles. The largest absolute Gasteiger partial charge is 0.480 e. The average Bonchev–Trinajstić information content (AvgIpc) is 2.67. The number of hydrogen-bond acceptors (Lipinski definition) is 5. The molecule has 1 unspecified atom stereocenters. The van der Waals surface area contributed by atoms with Gasteiger partial charge < -0.3 is 19.4 Å². The summed E-state index contributed by atoms with van der Waals surface area (Å²) in [5.74, 6) is 0.405. The Kier molecular flexibility index (Phi) is 6.25. The number of carbonyl (C=O) groups excluding carboxylic acids is 2. The van der Waals surface area contributed by atoms with Crippen LogP contribution in [0.3, 0.4) is 0 Å². The van der Waals surface area contributed by atoms with E-state index in [0.717, 1.165) is 29.4 Å². The van der Waals surface area contributed by atoms with Crippen LogP contribution < -0.4 is 15.7 Å². The second-order valence-corrected chi connectivity index (χ2v) is 7.63. The van der Waals surface area contributed by atoms with Crippen molar-refractivity contribution in [3.8, 4) is 5.75 Å². The van der Waals surface area contributed by atoms with Crippen molar-refractivity contribution in [1.82, 2.24) is 10.2 Å². The Bertz CT molecular complexity index is 973. The minimum Gasteiger partial charge on any atom is -0.480 e. The van der Waals surface area contributed by atoms with Gasteiger partial charge in [-0.1, -0.05) is 6.92 Å². The third-order valence-corrected chi connectivity index (χ3v) is 5.37. The van der Waals surface area contributed by atoms with E-state index in [9.17, 15) is 14.4 Å². The molecule has 0 aliphatic carbocycles. The molecule has 0 spiro atoms. The quantitative estimate of drug-likeness (QED) is 0.779. The fourth-order valence-corrected chi connectivity index (χ4v) is 3.74. The van der Waals surface area contributed by atoms with Crippen LogP contribution in [-0.2, 0) is 16.0 Å². The molecule has 2 heterocycles. The minimum atomic E-state index is -0.706. The number of benzene rings is 1. The first kappa shape index (κ1) is 20.9. The lowest BCUT2D eigenvalue weighted by atomic mass is 10.0. The molecule has 1 fully saturated rings. The van der Waals surface area contributed by atoms with Gasteiger partial charge in [0.15, 0.2) is 6.10 Å². The normalized spacial score (nSPS) is 15.9. The van der Waals surface area contributed by atoms with Crippen molar-refractivity contribution in [3.63, 3.8) is 0 Å². The zero-order valence-corrected chi connectivity index (χ0v) is 17.4. The molecule has 7 heteroatoms. The molecule has 7 nitrogen and oxygen atoms in total. The van der Waals surface area contributed by atoms with Crippen LogP contribution in [-0.4, -0.2) is 41.9 Å². The van der Waals surface area contributed by atoms with Gasteiger partial charge in [0.1, 0.15) is 11.3 Å². The molecule has 2 aromatic rings. The maximum absolute atomic E-state index is 12.7. The van der Waals surface area contributed by atoms with Crippen LogP contribution in [0.15, 0.2) is 27.4 Å². The number of piperidine rings is 1. The number of nitrogens with one attached hydrogen (secondary N) is 1. The van der Waals surface area contributed by atoms with Gasteiger partial charge in [-0.3, -0.25) is 9.59 Å². The molecular weight excluding hydrogens is 372 g/mol. The van der Waals surface area contributed by atoms with E-state index in [0.29, 0.717) is 30.8 Å². The molecule has 0 saturated carbocycles. The Morgan fingerprint density at radius 2 is 1.97 bits per heavy atom. The molecule has 1 N–H and O–H groups in total. The van der Waals surface area contributed by atoms with Crippen LogP contribution in [0.1, 0.15) is 44.7 Å². The SMILES string of the molecule is CCc1cc(=O)oc2cc(C)cc(OC(C)C(=O)NC3CCN(C(C)=O)CC3)c12. The Morgan fingerprint density at radius 1 is 1.28 bits per heavy atom. The Balaban J connectivity index is 1.74. The predicted molar refractivity (Wildman–Crippen MR) is 110 cm³/mol. The summed E-state index contributed by atoms with van der Waals surface area (Å²) in [5.41, 5.74) is 1.78. The van der Waals surface area contributed by atoms with Gasteiger partial charge in [-0.25, -0.2) is 4.79 Å². The average molecular weight is 400 g/mol. The second kappa shape index (κ2) is 8.68. The van der Waals surface area contributed by atoms with Crippen molar-refractivity contribution in [2.75, 3.05) is 13.1 Å². The first-order valence-electron chi connectivity index (χ1n) is 10.1. The second-order valence-electron chi connectivity index (χ2n) is 7.63. The van der Waals surface area contributed by atoms with Crippen LogP contribution in [0.4, 0.5) is 0 Å². The summed E-state index contributed by atoms with van der Waals surface area (Å²) in [6.45, 7) is 8.42. The number of rotatable bonds is 5. The summed E-state index contributed by atoms with van der Waals surface area (Å²) in [4.78, 5) is 37.7. The highest BCUT2D eigenvalue weighted by Gasteiger charge is 2.25. The number of amides is 2. The lowest BCUT2D eigenvalue weighted by Crippen LogP contribution is -2.48. The van der Waals surface area contributed by atoms with E-state index in [1.807, 2.05) is 19.9 Å². The molecule has 29 heavy (non-hydrogen) atoms. The van der Waals surface area contributed by atoms with Crippen LogP contribution in [0.25, 0.3) is 11.0 Å². The van der Waals surface area contributed by atoms with Crippen molar-refractivity contribution in [3.05, 3.63) is 39.7 Å². The lowest BCUT2D eigenvalue weighted by Gasteiger charge is -2.32. The topological polar surface area (TPSA) is 88.8 Å². The summed E-state index contributed by atoms with van der Waals surface area (Å²) < 4.78 is 11.4. The highest BCUT2D eigenvalue weighted by atomic mass is 16.5. The summed E-state index contributed by atoms with van der Waals surface area (Å²) in [5, 5.41) is 3.75. The number of likely N-dealkylation sites (tertiary alicyclic amines) is 1. The molecular formula is C22H28N2O5. The molecule has 0 radical (unpaired) electrons. The summed E-state index contributed by atoms with van der Waals surface area (Å²) >= 11 is 0. The number of carbonyl (C=O) groups is 2. The van der Waals surface area contributed by atoms with Crippen LogP contribution in [0, 0.1) is 6.92 Å². The van der Waals surface area contributed by atoms with Crippen LogP contribution in [0.2, 0.25) is 0 Å². The van der Waals surface area contributed by atoms with E-state index in [-0.39, 0.29) is 17.9 Å². The molecule has 3 rings (SSSR count). The molecule has 0 bridgehead atoms. The first-order valence-corrected chi connectivity index (χ1v) is 10.1. The fraction of sp³-hybridized carbons (Fsp3) is 0.500. The highest BCUT2D eigenvalue weighted by molar-refractivity contribution is 5.88. The molecule has 1 aromatic carbocycles. The van der Waals surface area contributed by atoms with E-state index in [4.69, 9.17) is 9.15 Å². The Labute approximate surface area is 170 Å². The van der Waals surface area contributed by atoms with Gasteiger partial charge in [-0.05, 0) is 56.4 Å². The monoisotopic (exact) mass is 400 g/mol. The fourth-order valence-electron chi connectivity index (χ4n) is 3.74. The van der Waals surface area contributed by atoms with Crippen molar-refractivity contribution >= 4 is 22.8 Å². The summed E-state index contributed by atoms with van der Waals surface area (Å²) in [6.07, 6.45) is 1.41. The van der Waals surface area contributed by atoms with Crippen molar-refractivity contribution in [2.24, 2.45) is 0 Å². The first-order chi connectivity index (χ1) is 13.8. The van der Waals surface area contributed by atoms with Crippen molar-refractivity contribution < 1.29 is 18.7 Å². The lowest BCUT2D eigenvalue weighted by molar-refractivity contribution is -0.130. The van der Waals surface area contributed by atoms with Crippen molar-refractivity contribution in [1.29, 1.82) is 0 Å². The third-order valence-electron chi connectivity index (χ3n) is 5.37. The maximum Gasteiger partial charge on any atom is 0.336 e. The Hall–Kier alpha value is -2.83. The molecule has 1 saturated heterocycles. The zero-order chi connectivity index (χ0) is 21.1. The predicted octanol–water partition coefficient (Wildman–Crippen LogP) is 2.56. The van der Waals surface area contributed by atoms with E-state index >= 15 is 0 Å². The van der Waals surface area contributed by atoms with Gasteiger partial charge in [-0.2, -0.15) is 0 Å². The molecule has 156 valence electrons. The minimum absolute atomic E-state index is 0.0302. The molecule has 2 amide bonds. The smallest absolute Gasteiger partial charge is 0.336 e. The number of nitrogens with zero attached hydrogens (tertiary/aromatic N) is 1. The van der Waals surface area contributed by atoms with Crippen molar-refractivity contribution in [2.45, 2.75) is 59.1 Å². The van der Waals surface area contributed by atoms with Gasteiger partial charge in [-0.15, -0.1) is 0 Å². The number of hydrogen-bond donors (Lipinski definition) is 1.